The molecule has 0 spiro atoms. The van der Waals surface area contributed by atoms with Crippen molar-refractivity contribution >= 4 is 0 Å². The first kappa shape index (κ1) is 16.8. The second kappa shape index (κ2) is 8.11. The second-order valence-corrected chi connectivity index (χ2v) is 5.35. The topological polar surface area (TPSA) is 125 Å². The highest BCUT2D eigenvalue weighted by Crippen LogP contribution is 2.10. The van der Waals surface area contributed by atoms with E-state index in [-0.39, 0.29) is 18.4 Å². The monoisotopic (exact) mass is 278 g/mol. The van der Waals surface area contributed by atoms with Crippen LogP contribution >= 0.6 is 0 Å². The van der Waals surface area contributed by atoms with Gasteiger partial charge >= 0.3 is 0 Å². The molecule has 7 N–H and O–H groups in total. The molecular weight excluding hydrogens is 252 g/mol. The highest BCUT2D eigenvalue weighted by molar-refractivity contribution is 4.83. The van der Waals surface area contributed by atoms with Crippen LogP contribution in [0.25, 0.3) is 0 Å². The fourth-order valence-electron chi connectivity index (χ4n) is 2.22. The standard InChI is InChI=1S/C6H13NO3.C6H13NO2/c8-3-4-1-7-2-5(9)6(4)10;1-4-2-7-3-5(8)6(4)9/h4-10H,1-3H2;4-9H,2-3H2,1H3/t4-,5-,6-;/m1./s1. The number of β-amino-alcohol motifs (C(OH)–C–C–N with tert-alkyl or cyclic N) is 2. The molecule has 7 heteroatoms. The highest BCUT2D eigenvalue weighted by atomic mass is 16.3. The molecule has 0 bridgehead atoms. The summed E-state index contributed by atoms with van der Waals surface area (Å²) in [6, 6.07) is 0. The van der Waals surface area contributed by atoms with Crippen molar-refractivity contribution in [3.8, 4) is 0 Å². The zero-order valence-corrected chi connectivity index (χ0v) is 11.2. The lowest BCUT2D eigenvalue weighted by molar-refractivity contribution is -0.0490. The average molecular weight is 278 g/mol. The largest absolute Gasteiger partial charge is 0.396 e. The predicted molar refractivity (Wildman–Crippen MR) is 69.5 cm³/mol. The lowest BCUT2D eigenvalue weighted by Crippen LogP contribution is -2.51. The lowest BCUT2D eigenvalue weighted by Gasteiger charge is -2.30. The number of piperidine rings is 2. The van der Waals surface area contributed by atoms with E-state index in [2.05, 4.69) is 10.6 Å². The van der Waals surface area contributed by atoms with Crippen LogP contribution in [-0.2, 0) is 0 Å². The van der Waals surface area contributed by atoms with Crippen molar-refractivity contribution in [3.63, 3.8) is 0 Å². The third-order valence-corrected chi connectivity index (χ3v) is 3.67. The van der Waals surface area contributed by atoms with Gasteiger partial charge in [-0.1, -0.05) is 6.92 Å². The van der Waals surface area contributed by atoms with Crippen LogP contribution in [-0.4, -0.2) is 82.7 Å². The Kier molecular flexibility index (Phi) is 7.16. The SMILES string of the molecule is CC1CNCC(O)C1O.OC[C@H]1CNC[C@@H](O)[C@@H]1O. The number of aliphatic hydroxyl groups is 5. The first-order chi connectivity index (χ1) is 8.97. The summed E-state index contributed by atoms with van der Waals surface area (Å²) in [4.78, 5) is 0. The van der Waals surface area contributed by atoms with Crippen LogP contribution in [0.15, 0.2) is 0 Å². The number of aliphatic hydroxyl groups excluding tert-OH is 5. The number of nitrogens with one attached hydrogen (secondary N) is 2. The Morgan fingerprint density at radius 2 is 1.37 bits per heavy atom. The summed E-state index contributed by atoms with van der Waals surface area (Å²) >= 11 is 0. The van der Waals surface area contributed by atoms with E-state index < -0.39 is 24.4 Å². The molecule has 0 amide bonds. The Labute approximate surface area is 113 Å². The Hall–Kier alpha value is -0.280. The van der Waals surface area contributed by atoms with Crippen LogP contribution < -0.4 is 10.6 Å². The molecule has 2 fully saturated rings. The van der Waals surface area contributed by atoms with Crippen LogP contribution in [0, 0.1) is 11.8 Å². The van der Waals surface area contributed by atoms with Gasteiger partial charge in [-0.2, -0.15) is 0 Å². The molecule has 19 heavy (non-hydrogen) atoms. The van der Waals surface area contributed by atoms with Crippen LogP contribution in [0.3, 0.4) is 0 Å². The molecule has 0 aliphatic carbocycles. The van der Waals surface area contributed by atoms with Gasteiger partial charge < -0.3 is 36.2 Å². The lowest BCUT2D eigenvalue weighted by atomic mass is 9.95. The summed E-state index contributed by atoms with van der Waals surface area (Å²) in [6.07, 6.45) is -2.61. The summed E-state index contributed by atoms with van der Waals surface area (Å²) in [7, 11) is 0. The molecule has 0 saturated carbocycles. The maximum absolute atomic E-state index is 9.19. The van der Waals surface area contributed by atoms with Crippen molar-refractivity contribution < 1.29 is 25.5 Å². The number of rotatable bonds is 1. The third-order valence-electron chi connectivity index (χ3n) is 3.67. The van der Waals surface area contributed by atoms with Crippen molar-refractivity contribution in [3.05, 3.63) is 0 Å². The number of hydrogen-bond acceptors (Lipinski definition) is 7. The van der Waals surface area contributed by atoms with Crippen LogP contribution in [0.2, 0.25) is 0 Å². The van der Waals surface area contributed by atoms with Crippen LogP contribution in [0.4, 0.5) is 0 Å². The molecule has 2 saturated heterocycles. The van der Waals surface area contributed by atoms with E-state index in [9.17, 15) is 5.11 Å². The quantitative estimate of drug-likeness (QED) is 0.270. The number of hydrogen-bond donors (Lipinski definition) is 7. The highest BCUT2D eigenvalue weighted by Gasteiger charge is 2.29. The second-order valence-electron chi connectivity index (χ2n) is 5.35. The summed E-state index contributed by atoms with van der Waals surface area (Å²) in [5.74, 6) is -0.0440. The van der Waals surface area contributed by atoms with E-state index in [1.807, 2.05) is 6.92 Å². The van der Waals surface area contributed by atoms with Gasteiger partial charge in [0.1, 0.15) is 0 Å². The fraction of sp³-hybridized carbons (Fsp3) is 1.00. The molecule has 0 aromatic rings. The minimum Gasteiger partial charge on any atom is -0.396 e. The molecule has 114 valence electrons. The zero-order valence-electron chi connectivity index (χ0n) is 11.2. The fourth-order valence-corrected chi connectivity index (χ4v) is 2.22. The smallest absolute Gasteiger partial charge is 0.0927 e. The minimum atomic E-state index is -0.772. The normalized spacial score (nSPS) is 43.3. The molecule has 2 heterocycles. The summed E-state index contributed by atoms with van der Waals surface area (Å²) in [5, 5.41) is 51.0. The molecular formula is C12H26N2O5. The van der Waals surface area contributed by atoms with Gasteiger partial charge in [0.05, 0.1) is 24.4 Å². The van der Waals surface area contributed by atoms with E-state index in [0.29, 0.717) is 19.6 Å². The van der Waals surface area contributed by atoms with Crippen molar-refractivity contribution in [2.75, 3.05) is 32.8 Å². The average Bonchev–Trinajstić information content (AvgIpc) is 2.40. The van der Waals surface area contributed by atoms with Gasteiger partial charge in [-0.15, -0.1) is 0 Å². The van der Waals surface area contributed by atoms with Gasteiger partial charge in [-0.05, 0) is 5.92 Å². The Morgan fingerprint density at radius 3 is 1.79 bits per heavy atom. The van der Waals surface area contributed by atoms with E-state index in [4.69, 9.17) is 20.4 Å². The molecule has 6 atom stereocenters. The molecule has 2 aliphatic rings. The van der Waals surface area contributed by atoms with Gasteiger partial charge in [0, 0.05) is 38.7 Å². The molecule has 2 rings (SSSR count). The van der Waals surface area contributed by atoms with Crippen molar-refractivity contribution in [1.82, 2.24) is 10.6 Å². The van der Waals surface area contributed by atoms with Gasteiger partial charge in [-0.25, -0.2) is 0 Å². The van der Waals surface area contributed by atoms with E-state index in [1.54, 1.807) is 0 Å². The molecule has 0 aromatic carbocycles. The molecule has 0 aromatic heterocycles. The van der Waals surface area contributed by atoms with Crippen LogP contribution in [0.1, 0.15) is 6.92 Å². The molecule has 3 unspecified atom stereocenters. The summed E-state index contributed by atoms with van der Waals surface area (Å²) in [6.45, 7) is 4.15. The predicted octanol–water partition coefficient (Wildman–Crippen LogP) is -3.13. The van der Waals surface area contributed by atoms with E-state index in [0.717, 1.165) is 6.54 Å². The first-order valence-electron chi connectivity index (χ1n) is 6.72. The van der Waals surface area contributed by atoms with E-state index in [1.165, 1.54) is 0 Å². The maximum Gasteiger partial charge on any atom is 0.0927 e. The summed E-state index contributed by atoms with van der Waals surface area (Å²) < 4.78 is 0. The van der Waals surface area contributed by atoms with Gasteiger partial charge in [0.2, 0.25) is 0 Å². The Balaban J connectivity index is 0.000000191. The molecule has 7 nitrogen and oxygen atoms in total. The van der Waals surface area contributed by atoms with Crippen molar-refractivity contribution in [1.29, 1.82) is 0 Å². The van der Waals surface area contributed by atoms with Gasteiger partial charge in [-0.3, -0.25) is 0 Å². The van der Waals surface area contributed by atoms with Gasteiger partial charge in [0.25, 0.3) is 0 Å². The Morgan fingerprint density at radius 1 is 0.842 bits per heavy atom. The van der Waals surface area contributed by atoms with Crippen molar-refractivity contribution in [2.45, 2.75) is 31.3 Å². The van der Waals surface area contributed by atoms with Crippen LogP contribution in [0.5, 0.6) is 0 Å². The maximum atomic E-state index is 9.19. The van der Waals surface area contributed by atoms with Gasteiger partial charge in [0.15, 0.2) is 0 Å². The minimum absolute atomic E-state index is 0.0781. The molecule has 0 radical (unpaired) electrons. The Bertz CT molecular complexity index is 246. The van der Waals surface area contributed by atoms with Crippen molar-refractivity contribution in [2.24, 2.45) is 11.8 Å². The third kappa shape index (κ3) is 4.96. The zero-order chi connectivity index (χ0) is 14.4. The summed E-state index contributed by atoms with van der Waals surface area (Å²) in [5.41, 5.74) is 0. The first-order valence-corrected chi connectivity index (χ1v) is 6.72. The molecule has 2 aliphatic heterocycles. The van der Waals surface area contributed by atoms with E-state index >= 15 is 0 Å².